The number of nitrogens with one attached hydrogen (secondary N) is 2. The molecule has 166 valence electrons. The molecule has 4 heterocycles. The Morgan fingerprint density at radius 3 is 2.38 bits per heavy atom. The lowest BCUT2D eigenvalue weighted by Crippen LogP contribution is -2.70. The van der Waals surface area contributed by atoms with E-state index in [0.29, 0.717) is 30.8 Å². The van der Waals surface area contributed by atoms with Crippen molar-refractivity contribution in [3.8, 4) is 6.07 Å². The minimum absolute atomic E-state index is 0.101. The number of hydrogen-bond donors (Lipinski definition) is 2. The van der Waals surface area contributed by atoms with E-state index >= 15 is 0 Å². The Morgan fingerprint density at radius 2 is 1.75 bits per heavy atom. The Bertz CT molecular complexity index is 1050. The summed E-state index contributed by atoms with van der Waals surface area (Å²) in [6, 6.07) is 6.72. The third kappa shape index (κ3) is 3.30. The van der Waals surface area contributed by atoms with Crippen LogP contribution in [-0.4, -0.2) is 89.2 Å². The van der Waals surface area contributed by atoms with Crippen molar-refractivity contribution < 1.29 is 19.2 Å². The third-order valence-electron chi connectivity index (χ3n) is 6.93. The standard InChI is InChI=1S/C22H24N6O4/c23-11-22(12-24-13-22)27-7-5-26(6-8-27)10-14-1-2-15-16(9-14)21(32)28(20(15)31)17-3-4-18(29)25-19(17)30/h1-2,9,17,24H,3-8,10,12-13H2,(H,25,29,30). The van der Waals surface area contributed by atoms with Gasteiger partial charge >= 0.3 is 0 Å². The molecule has 3 fully saturated rings. The molecule has 1 aromatic rings. The molecule has 0 aromatic heterocycles. The molecule has 0 bridgehead atoms. The first-order valence-electron chi connectivity index (χ1n) is 10.9. The van der Waals surface area contributed by atoms with E-state index in [4.69, 9.17) is 0 Å². The van der Waals surface area contributed by atoms with Gasteiger partial charge in [-0.25, -0.2) is 0 Å². The minimum atomic E-state index is -0.954. The zero-order valence-corrected chi connectivity index (χ0v) is 17.6. The Morgan fingerprint density at radius 1 is 1.03 bits per heavy atom. The molecule has 0 spiro atoms. The number of carbonyl (C=O) groups is 4. The fraction of sp³-hybridized carbons (Fsp3) is 0.500. The summed E-state index contributed by atoms with van der Waals surface area (Å²) in [6.45, 7) is 5.29. The Kier molecular flexibility index (Phi) is 5.04. The van der Waals surface area contributed by atoms with Gasteiger partial charge in [-0.15, -0.1) is 0 Å². The monoisotopic (exact) mass is 436 g/mol. The van der Waals surface area contributed by atoms with Crippen LogP contribution in [0.5, 0.6) is 0 Å². The zero-order chi connectivity index (χ0) is 22.5. The smallest absolute Gasteiger partial charge is 0.262 e. The Balaban J connectivity index is 1.26. The second-order valence-electron chi connectivity index (χ2n) is 8.84. The molecule has 2 N–H and O–H groups in total. The lowest BCUT2D eigenvalue weighted by molar-refractivity contribution is -0.136. The maximum atomic E-state index is 13.0. The van der Waals surface area contributed by atoms with E-state index in [-0.39, 0.29) is 24.3 Å². The Labute approximate surface area is 185 Å². The number of piperazine rings is 1. The van der Waals surface area contributed by atoms with E-state index < -0.39 is 23.8 Å². The summed E-state index contributed by atoms with van der Waals surface area (Å²) < 4.78 is 0. The number of hydrogen-bond acceptors (Lipinski definition) is 8. The molecule has 1 unspecified atom stereocenters. The number of amides is 4. The molecule has 3 saturated heterocycles. The maximum absolute atomic E-state index is 13.0. The highest BCUT2D eigenvalue weighted by molar-refractivity contribution is 6.23. The number of nitriles is 1. The number of piperidine rings is 1. The van der Waals surface area contributed by atoms with Gasteiger partial charge in [0, 0.05) is 52.2 Å². The van der Waals surface area contributed by atoms with Gasteiger partial charge in [-0.05, 0) is 24.1 Å². The highest BCUT2D eigenvalue weighted by atomic mass is 16.2. The Hall–Kier alpha value is -3.13. The molecular formula is C22H24N6O4. The maximum Gasteiger partial charge on any atom is 0.262 e. The van der Waals surface area contributed by atoms with Crippen LogP contribution >= 0.6 is 0 Å². The number of carbonyl (C=O) groups excluding carboxylic acids is 4. The van der Waals surface area contributed by atoms with Crippen molar-refractivity contribution in [2.75, 3.05) is 39.3 Å². The SMILES string of the molecule is N#CC1(N2CCN(Cc3ccc4c(c3)C(=O)N(C3CCC(=O)NC3=O)C4=O)CC2)CNC1. The molecule has 10 nitrogen and oxygen atoms in total. The van der Waals surface area contributed by atoms with Crippen molar-refractivity contribution in [3.05, 3.63) is 34.9 Å². The van der Waals surface area contributed by atoms with Crippen LogP contribution in [0.1, 0.15) is 39.1 Å². The van der Waals surface area contributed by atoms with E-state index in [1.165, 1.54) is 0 Å². The van der Waals surface area contributed by atoms with E-state index in [1.807, 2.05) is 6.07 Å². The summed E-state index contributed by atoms with van der Waals surface area (Å²) in [7, 11) is 0. The lowest BCUT2D eigenvalue weighted by Gasteiger charge is -2.48. The molecular weight excluding hydrogens is 412 g/mol. The number of benzene rings is 1. The van der Waals surface area contributed by atoms with Crippen molar-refractivity contribution in [2.24, 2.45) is 0 Å². The number of nitrogens with zero attached hydrogens (tertiary/aromatic N) is 4. The molecule has 32 heavy (non-hydrogen) atoms. The van der Waals surface area contributed by atoms with Gasteiger partial charge in [0.05, 0.1) is 17.2 Å². The highest BCUT2D eigenvalue weighted by Gasteiger charge is 2.45. The van der Waals surface area contributed by atoms with Crippen LogP contribution in [0, 0.1) is 11.3 Å². The van der Waals surface area contributed by atoms with Crippen molar-refractivity contribution in [2.45, 2.75) is 31.0 Å². The summed E-state index contributed by atoms with van der Waals surface area (Å²) in [5.41, 5.74) is 1.14. The summed E-state index contributed by atoms with van der Waals surface area (Å²) in [4.78, 5) is 54.9. The zero-order valence-electron chi connectivity index (χ0n) is 17.6. The molecule has 0 radical (unpaired) electrons. The molecule has 10 heteroatoms. The topological polar surface area (TPSA) is 126 Å². The van der Waals surface area contributed by atoms with Gasteiger partial charge in [-0.3, -0.25) is 39.2 Å². The second kappa shape index (κ2) is 7.78. The van der Waals surface area contributed by atoms with Crippen LogP contribution in [0.15, 0.2) is 18.2 Å². The molecule has 0 saturated carbocycles. The first-order valence-corrected chi connectivity index (χ1v) is 10.9. The van der Waals surface area contributed by atoms with E-state index in [2.05, 4.69) is 26.5 Å². The summed E-state index contributed by atoms with van der Waals surface area (Å²) >= 11 is 0. The van der Waals surface area contributed by atoms with Gasteiger partial charge in [-0.2, -0.15) is 5.26 Å². The second-order valence-corrected chi connectivity index (χ2v) is 8.84. The average Bonchev–Trinajstić information content (AvgIpc) is 2.99. The van der Waals surface area contributed by atoms with Crippen LogP contribution in [0.3, 0.4) is 0 Å². The van der Waals surface area contributed by atoms with Crippen molar-refractivity contribution in [1.29, 1.82) is 5.26 Å². The van der Waals surface area contributed by atoms with E-state index in [1.54, 1.807) is 12.1 Å². The number of imide groups is 2. The number of fused-ring (bicyclic) bond motifs is 1. The minimum Gasteiger partial charge on any atom is -0.311 e. The third-order valence-corrected chi connectivity index (χ3v) is 6.93. The van der Waals surface area contributed by atoms with Crippen molar-refractivity contribution in [3.63, 3.8) is 0 Å². The summed E-state index contributed by atoms with van der Waals surface area (Å²) in [5, 5.41) is 14.9. The van der Waals surface area contributed by atoms with Gasteiger partial charge in [-0.1, -0.05) is 6.07 Å². The predicted molar refractivity (Wildman–Crippen MR) is 111 cm³/mol. The van der Waals surface area contributed by atoms with Gasteiger partial charge in [0.1, 0.15) is 11.6 Å². The van der Waals surface area contributed by atoms with Crippen LogP contribution in [0.25, 0.3) is 0 Å². The van der Waals surface area contributed by atoms with Gasteiger partial charge in [0.25, 0.3) is 11.8 Å². The van der Waals surface area contributed by atoms with Gasteiger partial charge in [0.2, 0.25) is 11.8 Å². The normalized spacial score (nSPS) is 25.8. The quantitative estimate of drug-likeness (QED) is 0.580. The first kappa shape index (κ1) is 20.8. The highest BCUT2D eigenvalue weighted by Crippen LogP contribution is 2.29. The van der Waals surface area contributed by atoms with Crippen molar-refractivity contribution >= 4 is 23.6 Å². The predicted octanol–water partition coefficient (Wildman–Crippen LogP) is -0.929. The van der Waals surface area contributed by atoms with Crippen LogP contribution in [0.4, 0.5) is 0 Å². The average molecular weight is 436 g/mol. The molecule has 4 aliphatic rings. The lowest BCUT2D eigenvalue weighted by atomic mass is 9.91. The van der Waals surface area contributed by atoms with Gasteiger partial charge in [0.15, 0.2) is 0 Å². The van der Waals surface area contributed by atoms with Crippen LogP contribution in [-0.2, 0) is 16.1 Å². The molecule has 1 aromatic carbocycles. The largest absolute Gasteiger partial charge is 0.311 e. The molecule has 5 rings (SSSR count). The van der Waals surface area contributed by atoms with Crippen LogP contribution in [0.2, 0.25) is 0 Å². The van der Waals surface area contributed by atoms with Crippen LogP contribution < -0.4 is 10.6 Å². The molecule has 4 aliphatic heterocycles. The van der Waals surface area contributed by atoms with E-state index in [0.717, 1.165) is 36.6 Å². The molecule has 1 atom stereocenters. The summed E-state index contributed by atoms with van der Waals surface area (Å²) in [6.07, 6.45) is 0.247. The molecule has 0 aliphatic carbocycles. The van der Waals surface area contributed by atoms with Crippen molar-refractivity contribution in [1.82, 2.24) is 25.3 Å². The molecule has 4 amide bonds. The number of rotatable bonds is 4. The van der Waals surface area contributed by atoms with Gasteiger partial charge < -0.3 is 5.32 Å². The fourth-order valence-electron chi connectivity index (χ4n) is 4.94. The van der Waals surface area contributed by atoms with E-state index in [9.17, 15) is 24.4 Å². The first-order chi connectivity index (χ1) is 15.4. The fourth-order valence-corrected chi connectivity index (χ4v) is 4.94. The summed E-state index contributed by atoms with van der Waals surface area (Å²) in [5.74, 6) is -1.97.